The maximum Gasteiger partial charge on any atom is 0.408 e. The van der Waals surface area contributed by atoms with Gasteiger partial charge >= 0.3 is 12.1 Å². The molecule has 2 atom stereocenters. The average molecular weight is 286 g/mol. The van der Waals surface area contributed by atoms with E-state index in [-0.39, 0.29) is 0 Å². The van der Waals surface area contributed by atoms with Gasteiger partial charge in [0.25, 0.3) is 5.91 Å². The standard InChI is InChI=1S/C12H18N2O6/c1-6-8(13-11(18)19-12(3,4)5)9(15)14(6)20-7(2)10(16)17/h6,8H,2H2,1,3-5H3,(H,13,18)(H,16,17)/t6-,8-/m0/s1. The van der Waals surface area contributed by atoms with Crippen LogP contribution in [0.5, 0.6) is 0 Å². The molecule has 2 N–H and O–H groups in total. The number of alkyl carbamates (subject to hydrolysis) is 1. The molecule has 0 aliphatic carbocycles. The summed E-state index contributed by atoms with van der Waals surface area (Å²) in [5, 5.41) is 11.9. The van der Waals surface area contributed by atoms with E-state index in [2.05, 4.69) is 11.9 Å². The molecule has 0 spiro atoms. The molecule has 8 heteroatoms. The fourth-order valence-electron chi connectivity index (χ4n) is 1.50. The van der Waals surface area contributed by atoms with Crippen LogP contribution in [0.2, 0.25) is 0 Å². The van der Waals surface area contributed by atoms with Crippen molar-refractivity contribution in [2.24, 2.45) is 0 Å². The summed E-state index contributed by atoms with van der Waals surface area (Å²) in [5.74, 6) is -2.50. The third-order valence-electron chi connectivity index (χ3n) is 2.45. The molecule has 1 aliphatic heterocycles. The number of hydrogen-bond donors (Lipinski definition) is 2. The Morgan fingerprint density at radius 1 is 1.40 bits per heavy atom. The molecule has 8 nitrogen and oxygen atoms in total. The highest BCUT2D eigenvalue weighted by Crippen LogP contribution is 2.22. The first-order valence-electron chi connectivity index (χ1n) is 5.95. The van der Waals surface area contributed by atoms with E-state index in [0.717, 1.165) is 5.06 Å². The first kappa shape index (κ1) is 15.8. The summed E-state index contributed by atoms with van der Waals surface area (Å²) in [7, 11) is 0. The zero-order valence-electron chi connectivity index (χ0n) is 11.8. The molecule has 0 radical (unpaired) electrons. The Morgan fingerprint density at radius 3 is 2.35 bits per heavy atom. The number of carboxylic acid groups (broad SMARTS) is 1. The number of carbonyl (C=O) groups excluding carboxylic acids is 2. The van der Waals surface area contributed by atoms with Gasteiger partial charge in [-0.05, 0) is 34.3 Å². The highest BCUT2D eigenvalue weighted by molar-refractivity contribution is 5.92. The molecule has 0 aromatic heterocycles. The van der Waals surface area contributed by atoms with Crippen LogP contribution >= 0.6 is 0 Å². The Kier molecular flexibility index (Phi) is 4.26. The SMILES string of the molecule is C=C(ON1C(=O)[C@@H](NC(=O)OC(C)(C)C)[C@@H]1C)C(=O)O. The van der Waals surface area contributed by atoms with Crippen LogP contribution in [0.1, 0.15) is 27.7 Å². The lowest BCUT2D eigenvalue weighted by Gasteiger charge is -2.43. The van der Waals surface area contributed by atoms with Gasteiger partial charge in [-0.2, -0.15) is 5.06 Å². The lowest BCUT2D eigenvalue weighted by Crippen LogP contribution is -2.69. The van der Waals surface area contributed by atoms with Gasteiger partial charge in [-0.1, -0.05) is 0 Å². The maximum absolute atomic E-state index is 11.7. The van der Waals surface area contributed by atoms with E-state index in [0.29, 0.717) is 0 Å². The van der Waals surface area contributed by atoms with E-state index in [9.17, 15) is 14.4 Å². The number of aliphatic carboxylic acids is 1. The molecule has 1 aliphatic rings. The van der Waals surface area contributed by atoms with Crippen LogP contribution in [-0.2, 0) is 19.2 Å². The summed E-state index contributed by atoms with van der Waals surface area (Å²) in [6.45, 7) is 9.85. The quantitative estimate of drug-likeness (QED) is 0.446. The van der Waals surface area contributed by atoms with Crippen LogP contribution in [0.3, 0.4) is 0 Å². The van der Waals surface area contributed by atoms with Crippen molar-refractivity contribution in [1.82, 2.24) is 10.4 Å². The summed E-state index contributed by atoms with van der Waals surface area (Å²) in [6, 6.07) is -1.34. The lowest BCUT2D eigenvalue weighted by molar-refractivity contribution is -0.217. The molecule has 0 saturated carbocycles. The molecule has 1 saturated heterocycles. The predicted molar refractivity (Wildman–Crippen MR) is 67.3 cm³/mol. The highest BCUT2D eigenvalue weighted by Gasteiger charge is 2.48. The predicted octanol–water partition coefficient (Wildman–Crippen LogP) is 0.640. The third kappa shape index (κ3) is 3.62. The van der Waals surface area contributed by atoms with Gasteiger partial charge in [-0.3, -0.25) is 4.79 Å². The van der Waals surface area contributed by atoms with Gasteiger partial charge < -0.3 is 20.0 Å². The third-order valence-corrected chi connectivity index (χ3v) is 2.45. The maximum atomic E-state index is 11.7. The second kappa shape index (κ2) is 5.40. The van der Waals surface area contributed by atoms with E-state index < -0.39 is 41.4 Å². The van der Waals surface area contributed by atoms with E-state index >= 15 is 0 Å². The number of hydrogen-bond acceptors (Lipinski definition) is 5. The van der Waals surface area contributed by atoms with Crippen molar-refractivity contribution < 1.29 is 29.1 Å². The Hall–Kier alpha value is -2.25. The van der Waals surface area contributed by atoms with Gasteiger partial charge in [0.1, 0.15) is 11.6 Å². The molecule has 112 valence electrons. The van der Waals surface area contributed by atoms with E-state index in [1.54, 1.807) is 27.7 Å². The Morgan fingerprint density at radius 2 is 1.95 bits per heavy atom. The van der Waals surface area contributed by atoms with Crippen molar-refractivity contribution >= 4 is 18.0 Å². The first-order chi connectivity index (χ1) is 9.03. The summed E-state index contributed by atoms with van der Waals surface area (Å²) in [5.41, 5.74) is -0.673. The summed E-state index contributed by atoms with van der Waals surface area (Å²) < 4.78 is 5.02. The summed E-state index contributed by atoms with van der Waals surface area (Å²) in [6.07, 6.45) is -0.723. The highest BCUT2D eigenvalue weighted by atomic mass is 16.7. The van der Waals surface area contributed by atoms with Crippen LogP contribution in [0, 0.1) is 0 Å². The number of ether oxygens (including phenoxy) is 1. The molecule has 20 heavy (non-hydrogen) atoms. The van der Waals surface area contributed by atoms with Crippen molar-refractivity contribution in [3.63, 3.8) is 0 Å². The number of carbonyl (C=O) groups is 3. The van der Waals surface area contributed by atoms with Crippen molar-refractivity contribution in [3.8, 4) is 0 Å². The lowest BCUT2D eigenvalue weighted by atomic mass is 10.0. The van der Waals surface area contributed by atoms with Crippen LogP contribution in [0.25, 0.3) is 0 Å². The zero-order valence-corrected chi connectivity index (χ0v) is 11.8. The van der Waals surface area contributed by atoms with Crippen LogP contribution in [0.4, 0.5) is 4.79 Å². The molecular formula is C12H18N2O6. The summed E-state index contributed by atoms with van der Waals surface area (Å²) >= 11 is 0. The van der Waals surface area contributed by atoms with Crippen LogP contribution in [-0.4, -0.2) is 45.8 Å². The van der Waals surface area contributed by atoms with Crippen LogP contribution < -0.4 is 5.32 Å². The minimum Gasteiger partial charge on any atom is -0.475 e. The minimum absolute atomic E-state index is 0.522. The van der Waals surface area contributed by atoms with Crippen molar-refractivity contribution in [1.29, 1.82) is 0 Å². The number of carboxylic acids is 1. The molecule has 0 aromatic carbocycles. The number of nitrogens with one attached hydrogen (secondary N) is 1. The number of β-lactam (4-membered cyclic amide) rings is 1. The monoisotopic (exact) mass is 286 g/mol. The number of nitrogens with zero attached hydrogens (tertiary/aromatic N) is 1. The molecule has 1 fully saturated rings. The fraction of sp³-hybridized carbons (Fsp3) is 0.583. The second-order valence-electron chi connectivity index (χ2n) is 5.35. The van der Waals surface area contributed by atoms with Gasteiger partial charge in [0.2, 0.25) is 5.76 Å². The van der Waals surface area contributed by atoms with Crippen LogP contribution in [0.15, 0.2) is 12.3 Å². The van der Waals surface area contributed by atoms with Gasteiger partial charge in [0, 0.05) is 0 Å². The molecule has 1 rings (SSSR count). The molecular weight excluding hydrogens is 268 g/mol. The van der Waals surface area contributed by atoms with E-state index in [1.807, 2.05) is 0 Å². The van der Waals surface area contributed by atoms with Gasteiger partial charge in [0.05, 0.1) is 6.04 Å². The van der Waals surface area contributed by atoms with Crippen molar-refractivity contribution in [2.45, 2.75) is 45.4 Å². The molecule has 1 heterocycles. The molecule has 0 bridgehead atoms. The number of rotatable bonds is 4. The number of amides is 2. The Bertz CT molecular complexity index is 453. The smallest absolute Gasteiger partial charge is 0.408 e. The Balaban J connectivity index is 2.53. The molecule has 0 aromatic rings. The van der Waals surface area contributed by atoms with Crippen molar-refractivity contribution in [3.05, 3.63) is 12.3 Å². The van der Waals surface area contributed by atoms with Gasteiger partial charge in [-0.15, -0.1) is 0 Å². The van der Waals surface area contributed by atoms with Crippen molar-refractivity contribution in [2.75, 3.05) is 0 Å². The van der Waals surface area contributed by atoms with Gasteiger partial charge in [-0.25, -0.2) is 9.59 Å². The zero-order chi connectivity index (χ0) is 15.7. The number of hydroxylamine groups is 2. The second-order valence-corrected chi connectivity index (χ2v) is 5.35. The van der Waals surface area contributed by atoms with E-state index in [4.69, 9.17) is 14.7 Å². The largest absolute Gasteiger partial charge is 0.475 e. The molecule has 2 amide bonds. The minimum atomic E-state index is -1.37. The fourth-order valence-corrected chi connectivity index (χ4v) is 1.50. The summed E-state index contributed by atoms with van der Waals surface area (Å²) in [4.78, 5) is 38.6. The topological polar surface area (TPSA) is 105 Å². The first-order valence-corrected chi connectivity index (χ1v) is 5.95. The Labute approximate surface area is 116 Å². The molecule has 0 unspecified atom stereocenters. The van der Waals surface area contributed by atoms with Gasteiger partial charge in [0.15, 0.2) is 0 Å². The van der Waals surface area contributed by atoms with E-state index in [1.165, 1.54) is 0 Å². The normalized spacial score (nSPS) is 21.8. The average Bonchev–Trinajstić information content (AvgIpc) is 2.29.